The summed E-state index contributed by atoms with van der Waals surface area (Å²) in [5, 5.41) is 11.7. The van der Waals surface area contributed by atoms with Crippen LogP contribution in [0.3, 0.4) is 0 Å². The number of unbranched alkanes of at least 4 members (excludes halogenated alkanes) is 9. The molecule has 0 aliphatic heterocycles. The first-order valence-electron chi connectivity index (χ1n) is 9.23. The predicted octanol–water partition coefficient (Wildman–Crippen LogP) is 1.35. The first kappa shape index (κ1) is 25.6. The van der Waals surface area contributed by atoms with Crippen LogP contribution in [0.4, 0.5) is 0 Å². The van der Waals surface area contributed by atoms with Crippen molar-refractivity contribution in [2.75, 3.05) is 6.54 Å². The van der Waals surface area contributed by atoms with Gasteiger partial charge in [0, 0.05) is 12.8 Å². The van der Waals surface area contributed by atoms with Crippen LogP contribution in [0.2, 0.25) is 0 Å². The third-order valence-corrected chi connectivity index (χ3v) is 5.00. The Morgan fingerprint density at radius 3 is 2.08 bits per heavy atom. The van der Waals surface area contributed by atoms with Gasteiger partial charge in [-0.15, -0.1) is 0 Å². The van der Waals surface area contributed by atoms with E-state index in [1.54, 1.807) is 0 Å². The molecular formula is C19H30NNaO4S. The number of nitrogens with zero attached hydrogens (tertiary/aromatic N) is 1. The molecule has 0 atom stereocenters. The monoisotopic (exact) mass is 391 g/mol. The molecule has 0 amide bonds. The van der Waals surface area contributed by atoms with Gasteiger partial charge in [-0.05, 0) is 24.1 Å². The molecule has 0 saturated heterocycles. The molecule has 142 valence electrons. The van der Waals surface area contributed by atoms with Crippen LogP contribution >= 0.6 is 0 Å². The zero-order chi connectivity index (χ0) is 18.5. The van der Waals surface area contributed by atoms with Crippen molar-refractivity contribution in [1.29, 1.82) is 0 Å². The fourth-order valence-corrected chi connectivity index (χ4v) is 3.16. The van der Waals surface area contributed by atoms with Crippen molar-refractivity contribution in [3.05, 3.63) is 23.8 Å². The van der Waals surface area contributed by atoms with Gasteiger partial charge in [0.25, 0.3) is 10.1 Å². The van der Waals surface area contributed by atoms with Crippen LogP contribution in [0.5, 0.6) is 5.75 Å². The molecule has 0 radical (unpaired) electrons. The number of rotatable bonds is 13. The maximum Gasteiger partial charge on any atom is 1.00 e. The first-order chi connectivity index (χ1) is 11.9. The van der Waals surface area contributed by atoms with Gasteiger partial charge in [0.15, 0.2) is 0 Å². The summed E-state index contributed by atoms with van der Waals surface area (Å²) in [4.78, 5) is 3.91. The molecule has 0 spiro atoms. The minimum atomic E-state index is -4.30. The predicted molar refractivity (Wildman–Crippen MR) is 100 cm³/mol. The van der Waals surface area contributed by atoms with Gasteiger partial charge in [0.2, 0.25) is 0 Å². The fraction of sp³-hybridized carbons (Fsp3) is 0.632. The fourth-order valence-electron chi connectivity index (χ4n) is 2.64. The van der Waals surface area contributed by atoms with Crippen molar-refractivity contribution in [2.24, 2.45) is 4.99 Å². The van der Waals surface area contributed by atoms with Crippen molar-refractivity contribution >= 4 is 16.3 Å². The normalized spacial score (nSPS) is 11.6. The third-order valence-electron chi connectivity index (χ3n) is 4.15. The van der Waals surface area contributed by atoms with Crippen LogP contribution in [0.15, 0.2) is 28.1 Å². The molecule has 1 aromatic carbocycles. The summed E-state index contributed by atoms with van der Waals surface area (Å²) < 4.78 is 31.2. The maximum absolute atomic E-state index is 11.7. The van der Waals surface area contributed by atoms with Crippen LogP contribution < -0.4 is 34.7 Å². The molecule has 0 aliphatic rings. The summed E-state index contributed by atoms with van der Waals surface area (Å²) in [6.45, 7) is 2.84. The zero-order valence-corrected chi connectivity index (χ0v) is 18.9. The Kier molecular flexibility index (Phi) is 14.4. The molecule has 0 saturated carbocycles. The Balaban J connectivity index is 0.00000625. The molecule has 1 N–H and O–H groups in total. The molecule has 0 aliphatic carbocycles. The van der Waals surface area contributed by atoms with Gasteiger partial charge >= 0.3 is 29.6 Å². The molecule has 1 rings (SSSR count). The Morgan fingerprint density at radius 2 is 1.54 bits per heavy atom. The Bertz CT molecular complexity index is 632. The van der Waals surface area contributed by atoms with Crippen LogP contribution in [-0.4, -0.2) is 25.7 Å². The maximum atomic E-state index is 11.7. The Labute approximate surface area is 180 Å². The van der Waals surface area contributed by atoms with Crippen molar-refractivity contribution in [3.63, 3.8) is 0 Å². The van der Waals surface area contributed by atoms with Gasteiger partial charge in [0.05, 0.1) is 4.90 Å². The summed E-state index contributed by atoms with van der Waals surface area (Å²) in [5.41, 5.74) is 0.183. The number of benzene rings is 1. The number of hydrogen-bond acceptors (Lipinski definition) is 4. The van der Waals surface area contributed by atoms with Crippen molar-refractivity contribution in [1.82, 2.24) is 0 Å². The van der Waals surface area contributed by atoms with E-state index in [0.717, 1.165) is 31.0 Å². The van der Waals surface area contributed by atoms with E-state index in [-0.39, 0.29) is 45.8 Å². The number of aliphatic imine (C=N–C) groups is 1. The standard InChI is InChI=1S/C19H31NO4S.Na/c1-2-3-4-5-6-7-8-9-10-11-14-20-16-17-15-18(25(22,23)24)12-13-19(17)21;/h12-13,15-16,21H,2-11,14H2,1H3,(H,22,23,24);/q;+1/p-1. The van der Waals surface area contributed by atoms with Crippen molar-refractivity contribution in [3.8, 4) is 5.75 Å². The van der Waals surface area contributed by atoms with Gasteiger partial charge in [-0.2, -0.15) is 8.42 Å². The molecule has 0 aromatic heterocycles. The third kappa shape index (κ3) is 11.3. The Hall–Kier alpha value is -0.400. The van der Waals surface area contributed by atoms with E-state index in [1.165, 1.54) is 57.6 Å². The number of hydrogen-bond donors (Lipinski definition) is 1. The minimum absolute atomic E-state index is 0. The molecule has 1 aromatic rings. The van der Waals surface area contributed by atoms with Gasteiger partial charge in [0.1, 0.15) is 0 Å². The summed E-state index contributed by atoms with van der Waals surface area (Å²) in [6.07, 6.45) is 13.9. The van der Waals surface area contributed by atoms with E-state index < -0.39 is 10.1 Å². The first-order valence-corrected chi connectivity index (χ1v) is 10.7. The van der Waals surface area contributed by atoms with E-state index in [2.05, 4.69) is 11.9 Å². The molecular weight excluding hydrogens is 361 g/mol. The van der Waals surface area contributed by atoms with Gasteiger partial charge in [-0.3, -0.25) is 9.55 Å². The average Bonchev–Trinajstić information content (AvgIpc) is 2.56. The topological polar surface area (TPSA) is 89.8 Å². The smallest absolute Gasteiger partial charge is 0.872 e. The molecule has 0 unspecified atom stereocenters. The van der Waals surface area contributed by atoms with Crippen LogP contribution in [0, 0.1) is 0 Å². The Morgan fingerprint density at radius 1 is 1.00 bits per heavy atom. The summed E-state index contributed by atoms with van der Waals surface area (Å²) in [5.74, 6) is -0.306. The molecule has 0 heterocycles. The van der Waals surface area contributed by atoms with E-state index in [9.17, 15) is 13.5 Å². The van der Waals surface area contributed by atoms with E-state index in [4.69, 9.17) is 4.55 Å². The molecule has 26 heavy (non-hydrogen) atoms. The van der Waals surface area contributed by atoms with Crippen molar-refractivity contribution in [2.45, 2.75) is 76.0 Å². The zero-order valence-electron chi connectivity index (χ0n) is 16.1. The van der Waals surface area contributed by atoms with Gasteiger partial charge in [-0.1, -0.05) is 76.5 Å². The molecule has 5 nitrogen and oxygen atoms in total. The average molecular weight is 392 g/mol. The quantitative estimate of drug-likeness (QED) is 0.238. The van der Waals surface area contributed by atoms with Crippen LogP contribution in [0.25, 0.3) is 0 Å². The largest absolute Gasteiger partial charge is 1.00 e. The van der Waals surface area contributed by atoms with E-state index in [0.29, 0.717) is 6.54 Å². The SMILES string of the molecule is CCCCCCCCCCCCN=Cc1cc(S(=O)(=O)O)ccc1[O-].[Na+]. The second-order valence-corrected chi connectivity index (χ2v) is 7.81. The van der Waals surface area contributed by atoms with Crippen LogP contribution in [0.1, 0.15) is 76.7 Å². The van der Waals surface area contributed by atoms with E-state index >= 15 is 0 Å². The molecule has 7 heteroatoms. The van der Waals surface area contributed by atoms with Gasteiger partial charge < -0.3 is 5.11 Å². The van der Waals surface area contributed by atoms with E-state index in [1.807, 2.05) is 0 Å². The summed E-state index contributed by atoms with van der Waals surface area (Å²) in [7, 11) is -4.30. The van der Waals surface area contributed by atoms with Crippen LogP contribution in [-0.2, 0) is 10.1 Å². The summed E-state index contributed by atoms with van der Waals surface area (Å²) >= 11 is 0. The van der Waals surface area contributed by atoms with Gasteiger partial charge in [-0.25, -0.2) is 0 Å². The summed E-state index contributed by atoms with van der Waals surface area (Å²) in [6, 6.07) is 3.38. The minimum Gasteiger partial charge on any atom is -0.872 e. The molecule has 0 bridgehead atoms. The van der Waals surface area contributed by atoms with Crippen molar-refractivity contribution < 1.29 is 47.6 Å². The molecule has 0 fully saturated rings. The second-order valence-electron chi connectivity index (χ2n) is 6.39. The second kappa shape index (κ2) is 14.6.